The number of piperidine rings is 1. The third-order valence-corrected chi connectivity index (χ3v) is 7.69. The molecule has 10 nitrogen and oxygen atoms in total. The van der Waals surface area contributed by atoms with E-state index in [1.807, 2.05) is 23.1 Å². The van der Waals surface area contributed by atoms with Crippen molar-refractivity contribution in [1.29, 1.82) is 0 Å². The summed E-state index contributed by atoms with van der Waals surface area (Å²) in [5.41, 5.74) is 1.45. The molecule has 0 bridgehead atoms. The first-order chi connectivity index (χ1) is 18.8. The molecule has 1 aliphatic carbocycles. The standard InChI is InChI=1S/C29H44N4O6/c1-19(2)12-22(17-34)31-28(36)20-13-21(16-30-15-20)29(37)33(23-6-7-23)24-8-9-26-25(14-24)32(27(35)18-39-26)10-4-5-11-38-3/h8-9,14,19-23,30,34H,4-7,10-13,15-18H2,1-3H3,(H,31,36)/t20-,21+,22?/m0/s1. The first kappa shape index (κ1) is 29.3. The maximum absolute atomic E-state index is 13.9. The number of anilines is 2. The highest BCUT2D eigenvalue weighted by molar-refractivity contribution is 6.01. The van der Waals surface area contributed by atoms with Crippen LogP contribution in [0, 0.1) is 17.8 Å². The molecule has 1 saturated carbocycles. The minimum absolute atomic E-state index is 0.00182. The van der Waals surface area contributed by atoms with Crippen molar-refractivity contribution >= 4 is 29.1 Å². The average molecular weight is 545 g/mol. The molecule has 0 aromatic heterocycles. The van der Waals surface area contributed by atoms with Crippen molar-refractivity contribution in [2.75, 3.05) is 56.4 Å². The predicted octanol–water partition coefficient (Wildman–Crippen LogP) is 2.08. The molecule has 39 heavy (non-hydrogen) atoms. The highest BCUT2D eigenvalue weighted by atomic mass is 16.5. The van der Waals surface area contributed by atoms with Crippen molar-refractivity contribution < 1.29 is 29.0 Å². The number of carbonyl (C=O) groups excluding carboxylic acids is 3. The fraction of sp³-hybridized carbons (Fsp3) is 0.690. The third-order valence-electron chi connectivity index (χ3n) is 7.69. The van der Waals surface area contributed by atoms with Gasteiger partial charge in [0.2, 0.25) is 11.8 Å². The number of hydrogen-bond acceptors (Lipinski definition) is 7. The van der Waals surface area contributed by atoms with Crippen LogP contribution in [0.1, 0.15) is 52.4 Å². The number of benzene rings is 1. The van der Waals surface area contributed by atoms with Crippen molar-refractivity contribution in [3.05, 3.63) is 18.2 Å². The van der Waals surface area contributed by atoms with Crippen LogP contribution in [-0.2, 0) is 19.1 Å². The zero-order valence-corrected chi connectivity index (χ0v) is 23.5. The Hall–Kier alpha value is -2.69. The summed E-state index contributed by atoms with van der Waals surface area (Å²) in [5.74, 6) is 0.102. The van der Waals surface area contributed by atoms with Gasteiger partial charge in [-0.15, -0.1) is 0 Å². The maximum Gasteiger partial charge on any atom is 0.265 e. The van der Waals surface area contributed by atoms with Gasteiger partial charge in [-0.05, 0) is 62.6 Å². The number of fused-ring (bicyclic) bond motifs is 1. The zero-order valence-electron chi connectivity index (χ0n) is 23.5. The lowest BCUT2D eigenvalue weighted by Crippen LogP contribution is -2.51. The number of nitrogens with zero attached hydrogens (tertiary/aromatic N) is 2. The fourth-order valence-corrected chi connectivity index (χ4v) is 5.55. The predicted molar refractivity (Wildman–Crippen MR) is 149 cm³/mol. The topological polar surface area (TPSA) is 120 Å². The molecular weight excluding hydrogens is 500 g/mol. The smallest absolute Gasteiger partial charge is 0.265 e. The number of unbranched alkanes of at least 4 members (excludes halogenated alkanes) is 1. The number of aliphatic hydroxyl groups excluding tert-OH is 1. The summed E-state index contributed by atoms with van der Waals surface area (Å²) in [6.45, 7) is 6.25. The Morgan fingerprint density at radius 2 is 2.00 bits per heavy atom. The summed E-state index contributed by atoms with van der Waals surface area (Å²) in [4.78, 5) is 43.3. The summed E-state index contributed by atoms with van der Waals surface area (Å²) in [5, 5.41) is 16.0. The van der Waals surface area contributed by atoms with Gasteiger partial charge >= 0.3 is 0 Å². The second kappa shape index (κ2) is 13.6. The van der Waals surface area contributed by atoms with Gasteiger partial charge in [-0.3, -0.25) is 14.4 Å². The number of amides is 3. The average Bonchev–Trinajstić information content (AvgIpc) is 3.76. The molecule has 10 heteroatoms. The van der Waals surface area contributed by atoms with Gasteiger partial charge in [0, 0.05) is 45.1 Å². The van der Waals surface area contributed by atoms with E-state index >= 15 is 0 Å². The highest BCUT2D eigenvalue weighted by Gasteiger charge is 2.40. The molecule has 216 valence electrons. The molecule has 0 radical (unpaired) electrons. The summed E-state index contributed by atoms with van der Waals surface area (Å²) in [7, 11) is 1.67. The summed E-state index contributed by atoms with van der Waals surface area (Å²) >= 11 is 0. The maximum atomic E-state index is 13.9. The van der Waals surface area contributed by atoms with Gasteiger partial charge in [-0.2, -0.15) is 0 Å². The van der Waals surface area contributed by atoms with Crippen LogP contribution in [0.5, 0.6) is 5.75 Å². The van der Waals surface area contributed by atoms with E-state index in [0.29, 0.717) is 56.4 Å². The lowest BCUT2D eigenvalue weighted by Gasteiger charge is -2.35. The molecule has 3 N–H and O–H groups in total. The third kappa shape index (κ3) is 7.49. The minimum atomic E-state index is -0.341. The normalized spacial score (nSPS) is 21.8. The van der Waals surface area contributed by atoms with Crippen LogP contribution in [0.4, 0.5) is 11.4 Å². The lowest BCUT2D eigenvalue weighted by atomic mass is 9.88. The number of ether oxygens (including phenoxy) is 2. The summed E-state index contributed by atoms with van der Waals surface area (Å²) in [6.07, 6.45) is 4.67. The van der Waals surface area contributed by atoms with Gasteiger partial charge in [-0.25, -0.2) is 0 Å². The van der Waals surface area contributed by atoms with Gasteiger partial charge in [0.25, 0.3) is 5.91 Å². The van der Waals surface area contributed by atoms with Gasteiger partial charge < -0.3 is 35.0 Å². The molecule has 0 spiro atoms. The molecule has 2 fully saturated rings. The van der Waals surface area contributed by atoms with E-state index in [1.165, 1.54) is 0 Å². The van der Waals surface area contributed by atoms with Crippen LogP contribution in [0.15, 0.2) is 18.2 Å². The van der Waals surface area contributed by atoms with Crippen molar-refractivity contribution in [2.45, 2.75) is 64.5 Å². The van der Waals surface area contributed by atoms with Crippen LogP contribution in [0.2, 0.25) is 0 Å². The van der Waals surface area contributed by atoms with E-state index in [-0.39, 0.29) is 54.9 Å². The molecule has 1 saturated heterocycles. The molecule has 3 aliphatic rings. The van der Waals surface area contributed by atoms with Crippen LogP contribution in [-0.4, -0.2) is 81.5 Å². The second-order valence-corrected chi connectivity index (χ2v) is 11.4. The van der Waals surface area contributed by atoms with E-state index in [0.717, 1.165) is 31.4 Å². The summed E-state index contributed by atoms with van der Waals surface area (Å²) < 4.78 is 10.8. The number of carbonyl (C=O) groups is 3. The Labute approximate surface area is 231 Å². The van der Waals surface area contributed by atoms with Gasteiger partial charge in [-0.1, -0.05) is 13.8 Å². The number of aliphatic hydroxyl groups is 1. The Balaban J connectivity index is 1.48. The van der Waals surface area contributed by atoms with E-state index in [9.17, 15) is 19.5 Å². The van der Waals surface area contributed by atoms with Crippen molar-refractivity contribution in [3.63, 3.8) is 0 Å². The highest BCUT2D eigenvalue weighted by Crippen LogP contribution is 2.40. The largest absolute Gasteiger partial charge is 0.482 e. The monoisotopic (exact) mass is 544 g/mol. The lowest BCUT2D eigenvalue weighted by molar-refractivity contribution is -0.129. The number of methoxy groups -OCH3 is 1. The SMILES string of the molecule is COCCCCN1C(=O)COc2ccc(N(C(=O)[C@H]3CNC[C@@H](C(=O)NC(CO)CC(C)C)C3)C3CC3)cc21. The Morgan fingerprint density at radius 3 is 2.69 bits per heavy atom. The second-order valence-electron chi connectivity index (χ2n) is 11.4. The summed E-state index contributed by atoms with van der Waals surface area (Å²) in [6, 6.07) is 5.48. The molecule has 3 atom stereocenters. The van der Waals surface area contributed by atoms with Crippen LogP contribution in [0.25, 0.3) is 0 Å². The Kier molecular flexibility index (Phi) is 10.2. The molecule has 1 aromatic carbocycles. The van der Waals surface area contributed by atoms with Crippen LogP contribution < -0.4 is 25.2 Å². The molecule has 3 amide bonds. The number of hydrogen-bond donors (Lipinski definition) is 3. The molecular formula is C29H44N4O6. The van der Waals surface area contributed by atoms with E-state index in [1.54, 1.807) is 12.0 Å². The Bertz CT molecular complexity index is 1010. The quantitative estimate of drug-likeness (QED) is 0.325. The minimum Gasteiger partial charge on any atom is -0.482 e. The Morgan fingerprint density at radius 1 is 1.23 bits per heavy atom. The number of rotatable bonds is 13. The molecule has 2 aliphatic heterocycles. The van der Waals surface area contributed by atoms with Gasteiger partial charge in [0.15, 0.2) is 6.61 Å². The van der Waals surface area contributed by atoms with Crippen LogP contribution >= 0.6 is 0 Å². The molecule has 4 rings (SSSR count). The first-order valence-corrected chi connectivity index (χ1v) is 14.3. The number of nitrogens with one attached hydrogen (secondary N) is 2. The fourth-order valence-electron chi connectivity index (χ4n) is 5.55. The van der Waals surface area contributed by atoms with Gasteiger partial charge in [0.1, 0.15) is 5.75 Å². The van der Waals surface area contributed by atoms with Crippen molar-refractivity contribution in [2.24, 2.45) is 17.8 Å². The first-order valence-electron chi connectivity index (χ1n) is 14.3. The molecule has 1 aromatic rings. The van der Waals surface area contributed by atoms with Crippen LogP contribution in [0.3, 0.4) is 0 Å². The van der Waals surface area contributed by atoms with Crippen molar-refractivity contribution in [3.8, 4) is 5.75 Å². The zero-order chi connectivity index (χ0) is 27.9. The molecule has 1 unspecified atom stereocenters. The van der Waals surface area contributed by atoms with E-state index < -0.39 is 0 Å². The van der Waals surface area contributed by atoms with Gasteiger partial charge in [0.05, 0.1) is 30.2 Å². The van der Waals surface area contributed by atoms with E-state index in [4.69, 9.17) is 9.47 Å². The van der Waals surface area contributed by atoms with Crippen molar-refractivity contribution in [1.82, 2.24) is 10.6 Å². The molecule has 2 heterocycles. The van der Waals surface area contributed by atoms with E-state index in [2.05, 4.69) is 24.5 Å².